The molecule has 0 radical (unpaired) electrons. The van der Waals surface area contributed by atoms with Crippen molar-refractivity contribution >= 4 is 17.3 Å². The van der Waals surface area contributed by atoms with Crippen molar-refractivity contribution in [1.82, 2.24) is 5.16 Å². The molecule has 1 fully saturated rings. The first kappa shape index (κ1) is 18.9. The maximum absolute atomic E-state index is 12.4. The van der Waals surface area contributed by atoms with Crippen LogP contribution in [0.3, 0.4) is 0 Å². The van der Waals surface area contributed by atoms with Crippen LogP contribution < -0.4 is 4.90 Å². The Bertz CT molecular complexity index is 818. The molecule has 1 saturated heterocycles. The molecule has 1 aromatic heterocycles. The van der Waals surface area contributed by atoms with Gasteiger partial charge < -0.3 is 14.2 Å². The van der Waals surface area contributed by atoms with E-state index in [0.717, 1.165) is 38.8 Å². The van der Waals surface area contributed by atoms with Gasteiger partial charge >= 0.3 is 5.97 Å². The van der Waals surface area contributed by atoms with E-state index in [2.05, 4.69) is 5.16 Å². The Hall–Kier alpha value is -2.90. The van der Waals surface area contributed by atoms with Crippen molar-refractivity contribution in [3.8, 4) is 0 Å². The number of esters is 1. The lowest BCUT2D eigenvalue weighted by Gasteiger charge is -2.22. The molecular formula is C19H23N3O5. The number of aryl methyl sites for hydroxylation is 2. The molecule has 0 amide bonds. The number of carbonyl (C=O) groups excluding carboxylic acids is 1. The smallest absolute Gasteiger partial charge is 0.338 e. The van der Waals surface area contributed by atoms with Crippen molar-refractivity contribution < 1.29 is 19.0 Å². The number of nitro benzene ring substituents is 1. The van der Waals surface area contributed by atoms with Crippen LogP contribution in [-0.4, -0.2) is 29.1 Å². The first-order chi connectivity index (χ1) is 13.0. The predicted molar refractivity (Wildman–Crippen MR) is 98.9 cm³/mol. The van der Waals surface area contributed by atoms with Gasteiger partial charge in [0.05, 0.1) is 21.7 Å². The molecule has 1 aromatic carbocycles. The maximum Gasteiger partial charge on any atom is 0.338 e. The number of nitro groups is 1. The second kappa shape index (κ2) is 8.20. The van der Waals surface area contributed by atoms with Crippen LogP contribution >= 0.6 is 0 Å². The third-order valence-electron chi connectivity index (χ3n) is 4.88. The number of rotatable bonds is 5. The van der Waals surface area contributed by atoms with E-state index in [4.69, 9.17) is 9.26 Å². The average Bonchev–Trinajstić information content (AvgIpc) is 2.85. The van der Waals surface area contributed by atoms with Crippen molar-refractivity contribution in [3.63, 3.8) is 0 Å². The van der Waals surface area contributed by atoms with Crippen LogP contribution in [0.25, 0.3) is 0 Å². The number of benzene rings is 1. The third-order valence-corrected chi connectivity index (χ3v) is 4.88. The second-order valence-corrected chi connectivity index (χ2v) is 6.74. The summed E-state index contributed by atoms with van der Waals surface area (Å²) in [5, 5.41) is 15.4. The zero-order valence-electron chi connectivity index (χ0n) is 15.6. The molecule has 0 unspecified atom stereocenters. The predicted octanol–water partition coefficient (Wildman–Crippen LogP) is 3.94. The standard InChI is InChI=1S/C19H23N3O5/c1-13-16(14(2)27-20-13)12-26-19(23)15-7-8-17(18(11-15)22(24)25)21-9-5-3-4-6-10-21/h7-8,11H,3-6,9-10,12H2,1-2H3. The van der Waals surface area contributed by atoms with E-state index in [1.165, 1.54) is 6.07 Å². The van der Waals surface area contributed by atoms with E-state index in [0.29, 0.717) is 22.7 Å². The first-order valence-electron chi connectivity index (χ1n) is 9.09. The van der Waals surface area contributed by atoms with Crippen LogP contribution in [0, 0.1) is 24.0 Å². The maximum atomic E-state index is 12.4. The zero-order chi connectivity index (χ0) is 19.4. The molecule has 1 aliphatic rings. The Labute approximate surface area is 157 Å². The highest BCUT2D eigenvalue weighted by Gasteiger charge is 2.23. The highest BCUT2D eigenvalue weighted by atomic mass is 16.6. The van der Waals surface area contributed by atoms with Gasteiger partial charge in [0.1, 0.15) is 18.1 Å². The minimum Gasteiger partial charge on any atom is -0.457 e. The second-order valence-electron chi connectivity index (χ2n) is 6.74. The van der Waals surface area contributed by atoms with Crippen molar-refractivity contribution in [2.75, 3.05) is 18.0 Å². The summed E-state index contributed by atoms with van der Waals surface area (Å²) in [7, 11) is 0. The summed E-state index contributed by atoms with van der Waals surface area (Å²) in [6.45, 7) is 5.10. The molecule has 0 aliphatic carbocycles. The van der Waals surface area contributed by atoms with Gasteiger partial charge in [-0.3, -0.25) is 10.1 Å². The van der Waals surface area contributed by atoms with Gasteiger partial charge in [0.15, 0.2) is 0 Å². The fourth-order valence-electron chi connectivity index (χ4n) is 3.30. The van der Waals surface area contributed by atoms with E-state index in [1.807, 2.05) is 4.90 Å². The SMILES string of the molecule is Cc1noc(C)c1COC(=O)c1ccc(N2CCCCCC2)c([N+](=O)[O-])c1. The quantitative estimate of drug-likeness (QED) is 0.445. The summed E-state index contributed by atoms with van der Waals surface area (Å²) in [6, 6.07) is 4.54. The molecular weight excluding hydrogens is 350 g/mol. The van der Waals surface area contributed by atoms with Crippen molar-refractivity contribution in [2.45, 2.75) is 46.1 Å². The van der Waals surface area contributed by atoms with Gasteiger partial charge in [0, 0.05) is 19.2 Å². The molecule has 2 heterocycles. The lowest BCUT2D eigenvalue weighted by molar-refractivity contribution is -0.384. The Kier molecular flexibility index (Phi) is 5.73. The number of anilines is 1. The molecule has 0 atom stereocenters. The van der Waals surface area contributed by atoms with Crippen LogP contribution in [-0.2, 0) is 11.3 Å². The monoisotopic (exact) mass is 373 g/mol. The molecule has 0 bridgehead atoms. The number of ether oxygens (including phenoxy) is 1. The Balaban J connectivity index is 1.78. The highest BCUT2D eigenvalue weighted by Crippen LogP contribution is 2.31. The minimum atomic E-state index is -0.611. The summed E-state index contributed by atoms with van der Waals surface area (Å²) in [4.78, 5) is 25.5. The molecule has 0 spiro atoms. The van der Waals surface area contributed by atoms with Crippen molar-refractivity contribution in [2.24, 2.45) is 0 Å². The normalized spacial score (nSPS) is 14.7. The van der Waals surface area contributed by atoms with Gasteiger partial charge in [-0.15, -0.1) is 0 Å². The lowest BCUT2D eigenvalue weighted by Crippen LogP contribution is -2.24. The van der Waals surface area contributed by atoms with Gasteiger partial charge in [-0.1, -0.05) is 18.0 Å². The fraction of sp³-hybridized carbons (Fsp3) is 0.474. The summed E-state index contributed by atoms with van der Waals surface area (Å²) >= 11 is 0. The van der Waals surface area contributed by atoms with Crippen LogP contribution in [0.1, 0.15) is 53.1 Å². The summed E-state index contributed by atoms with van der Waals surface area (Å²) in [5.41, 5.74) is 2.02. The number of hydrogen-bond acceptors (Lipinski definition) is 7. The molecule has 27 heavy (non-hydrogen) atoms. The van der Waals surface area contributed by atoms with E-state index < -0.39 is 10.9 Å². The van der Waals surface area contributed by atoms with E-state index in [1.54, 1.807) is 26.0 Å². The first-order valence-corrected chi connectivity index (χ1v) is 9.09. The van der Waals surface area contributed by atoms with Gasteiger partial charge in [0.2, 0.25) is 0 Å². The number of hydrogen-bond donors (Lipinski definition) is 0. The lowest BCUT2D eigenvalue weighted by atomic mass is 10.1. The van der Waals surface area contributed by atoms with Crippen LogP contribution in [0.5, 0.6) is 0 Å². The summed E-state index contributed by atoms with van der Waals surface area (Å²) in [5.74, 6) is -0.0247. The van der Waals surface area contributed by atoms with Gasteiger partial charge in [-0.25, -0.2) is 4.79 Å². The molecule has 8 heteroatoms. The minimum absolute atomic E-state index is 0.0155. The van der Waals surface area contributed by atoms with Gasteiger partial charge in [-0.2, -0.15) is 0 Å². The summed E-state index contributed by atoms with van der Waals surface area (Å²) < 4.78 is 10.3. The number of nitrogens with zero attached hydrogens (tertiary/aromatic N) is 3. The molecule has 144 valence electrons. The molecule has 8 nitrogen and oxygen atoms in total. The topological polar surface area (TPSA) is 98.7 Å². The molecule has 1 aliphatic heterocycles. The van der Waals surface area contributed by atoms with Crippen molar-refractivity contribution in [3.05, 3.63) is 50.9 Å². The van der Waals surface area contributed by atoms with Gasteiger partial charge in [-0.05, 0) is 38.8 Å². The van der Waals surface area contributed by atoms with Crippen LogP contribution in [0.15, 0.2) is 22.7 Å². The number of aromatic nitrogens is 1. The largest absolute Gasteiger partial charge is 0.457 e. The van der Waals surface area contributed by atoms with E-state index in [-0.39, 0.29) is 17.9 Å². The van der Waals surface area contributed by atoms with E-state index in [9.17, 15) is 14.9 Å². The molecule has 0 saturated carbocycles. The van der Waals surface area contributed by atoms with Gasteiger partial charge in [0.25, 0.3) is 5.69 Å². The zero-order valence-corrected chi connectivity index (χ0v) is 15.6. The average molecular weight is 373 g/mol. The van der Waals surface area contributed by atoms with Crippen LogP contribution in [0.4, 0.5) is 11.4 Å². The van der Waals surface area contributed by atoms with Crippen molar-refractivity contribution in [1.29, 1.82) is 0 Å². The highest BCUT2D eigenvalue weighted by molar-refractivity contribution is 5.91. The third kappa shape index (κ3) is 4.27. The molecule has 3 rings (SSSR count). The Morgan fingerprint density at radius 2 is 1.96 bits per heavy atom. The fourth-order valence-corrected chi connectivity index (χ4v) is 3.30. The molecule has 0 N–H and O–H groups in total. The summed E-state index contributed by atoms with van der Waals surface area (Å²) in [6.07, 6.45) is 4.30. The Morgan fingerprint density at radius 3 is 2.56 bits per heavy atom. The number of carbonyl (C=O) groups is 1. The van der Waals surface area contributed by atoms with Crippen LogP contribution in [0.2, 0.25) is 0 Å². The Morgan fingerprint density at radius 1 is 1.26 bits per heavy atom. The molecule has 2 aromatic rings. The van der Waals surface area contributed by atoms with E-state index >= 15 is 0 Å².